The molecule has 0 spiro atoms. The quantitative estimate of drug-likeness (QED) is 0.339. The van der Waals surface area contributed by atoms with Gasteiger partial charge in [-0.05, 0) is 68.4 Å². The summed E-state index contributed by atoms with van der Waals surface area (Å²) in [7, 11) is 0. The largest absolute Gasteiger partial charge is 0.481 e. The van der Waals surface area contributed by atoms with Gasteiger partial charge in [-0.25, -0.2) is 4.90 Å². The fourth-order valence-corrected chi connectivity index (χ4v) is 5.33. The van der Waals surface area contributed by atoms with E-state index in [1.54, 1.807) is 18.2 Å². The average Bonchev–Trinajstić information content (AvgIpc) is 3.56. The maximum Gasteiger partial charge on any atom is 0.330 e. The number of carbonyl (C=O) groups excluding carboxylic acids is 1. The number of Topliss-reactive ketones (excluding diaryl/α,β-unsaturated/α-hetero) is 1. The number of hydrogen-bond donors (Lipinski definition) is 2. The molecule has 2 aliphatic rings. The molecule has 2 N–H and O–H groups in total. The number of nitrogens with one attached hydrogen (secondary N) is 1. The molecule has 2 fully saturated rings. The minimum Gasteiger partial charge on any atom is -0.481 e. The van der Waals surface area contributed by atoms with Gasteiger partial charge in [0, 0.05) is 19.5 Å². The van der Waals surface area contributed by atoms with E-state index >= 15 is 4.39 Å². The van der Waals surface area contributed by atoms with Crippen molar-refractivity contribution < 1.29 is 28.2 Å². The summed E-state index contributed by atoms with van der Waals surface area (Å²) in [5, 5.41) is 12.6. The van der Waals surface area contributed by atoms with E-state index in [-0.39, 0.29) is 12.4 Å². The first-order valence-electron chi connectivity index (χ1n) is 12.6. The summed E-state index contributed by atoms with van der Waals surface area (Å²) < 4.78 is 27.9. The highest BCUT2D eigenvalue weighted by Crippen LogP contribution is 2.35. The summed E-state index contributed by atoms with van der Waals surface area (Å²) in [5.41, 5.74) is 2.45. The standard InChI is InChI=1S/C27H29ClFN3O5/c28-20-15-17(7-12-21(20)30-26-31-22-5-1-2-6-23(22)36-26)16-24(33)27(29,32-13-3-4-14-32)37-19-10-8-18(9-11-19)25(34)35/h1-2,5-7,12,15,18-19H,3-4,8-11,13-14,16H2,(H,30,31)(H,34,35). The lowest BCUT2D eigenvalue weighted by atomic mass is 9.87. The normalized spacial score (nSPS) is 22.1. The second-order valence-electron chi connectivity index (χ2n) is 9.71. The molecule has 196 valence electrons. The average molecular weight is 530 g/mol. The summed E-state index contributed by atoms with van der Waals surface area (Å²) in [6, 6.07) is 12.7. The van der Waals surface area contributed by atoms with Gasteiger partial charge in [-0.15, -0.1) is 0 Å². The number of anilines is 2. The van der Waals surface area contributed by atoms with Crippen LogP contribution in [0.1, 0.15) is 44.1 Å². The van der Waals surface area contributed by atoms with Gasteiger partial charge in [0.15, 0.2) is 5.58 Å². The van der Waals surface area contributed by atoms with E-state index in [1.807, 2.05) is 24.3 Å². The topological polar surface area (TPSA) is 105 Å². The second kappa shape index (κ2) is 10.8. The monoisotopic (exact) mass is 529 g/mol. The molecule has 1 saturated heterocycles. The maximum atomic E-state index is 16.4. The molecular weight excluding hydrogens is 501 g/mol. The van der Waals surface area contributed by atoms with Crippen LogP contribution in [-0.2, 0) is 20.7 Å². The molecule has 37 heavy (non-hydrogen) atoms. The first-order valence-corrected chi connectivity index (χ1v) is 13.0. The van der Waals surface area contributed by atoms with Crippen LogP contribution in [0.2, 0.25) is 5.02 Å². The van der Waals surface area contributed by atoms with E-state index in [0.29, 0.717) is 66.1 Å². The van der Waals surface area contributed by atoms with Gasteiger partial charge in [-0.3, -0.25) is 9.59 Å². The number of nitrogens with zero attached hydrogens (tertiary/aromatic N) is 2. The molecule has 5 rings (SSSR count). The van der Waals surface area contributed by atoms with Gasteiger partial charge >= 0.3 is 11.9 Å². The molecule has 1 unspecified atom stereocenters. The third kappa shape index (κ3) is 5.63. The Bertz CT molecular complexity index is 1250. The van der Waals surface area contributed by atoms with Crippen molar-refractivity contribution in [2.45, 2.75) is 57.0 Å². The molecular formula is C27H29ClFN3O5. The summed E-state index contributed by atoms with van der Waals surface area (Å²) in [6.45, 7) is 0.863. The summed E-state index contributed by atoms with van der Waals surface area (Å²) in [5.74, 6) is -4.53. The molecule has 1 aliphatic carbocycles. The Morgan fingerprint density at radius 1 is 1.16 bits per heavy atom. The predicted molar refractivity (Wildman–Crippen MR) is 137 cm³/mol. The smallest absolute Gasteiger partial charge is 0.330 e. The van der Waals surface area contributed by atoms with Gasteiger partial charge in [0.2, 0.25) is 5.78 Å². The summed E-state index contributed by atoms with van der Waals surface area (Å²) in [4.78, 5) is 30.4. The fourth-order valence-electron chi connectivity index (χ4n) is 5.08. The lowest BCUT2D eigenvalue weighted by Gasteiger charge is -2.37. The first kappa shape index (κ1) is 25.6. The molecule has 1 atom stereocenters. The highest BCUT2D eigenvalue weighted by molar-refractivity contribution is 6.33. The second-order valence-corrected chi connectivity index (χ2v) is 10.1. The summed E-state index contributed by atoms with van der Waals surface area (Å²) >= 11 is 6.47. The van der Waals surface area contributed by atoms with Gasteiger partial charge in [-0.2, -0.15) is 9.37 Å². The van der Waals surface area contributed by atoms with Crippen LogP contribution in [-0.4, -0.2) is 51.9 Å². The molecule has 2 heterocycles. The number of fused-ring (bicyclic) bond motifs is 1. The molecule has 0 radical (unpaired) electrons. The van der Waals surface area contributed by atoms with Crippen molar-refractivity contribution in [2.24, 2.45) is 5.92 Å². The minimum atomic E-state index is -2.56. The number of carbonyl (C=O) groups is 2. The van der Waals surface area contributed by atoms with Gasteiger partial charge in [-0.1, -0.05) is 29.8 Å². The number of hydrogen-bond acceptors (Lipinski definition) is 7. The van der Waals surface area contributed by atoms with Crippen LogP contribution in [0.3, 0.4) is 0 Å². The number of aromatic nitrogens is 1. The molecule has 10 heteroatoms. The van der Waals surface area contributed by atoms with Gasteiger partial charge in [0.1, 0.15) is 5.52 Å². The zero-order valence-corrected chi connectivity index (χ0v) is 21.0. The van der Waals surface area contributed by atoms with E-state index in [4.69, 9.17) is 20.8 Å². The number of carboxylic acids is 1. The minimum absolute atomic E-state index is 0.194. The summed E-state index contributed by atoms with van der Waals surface area (Å²) in [6.07, 6.45) is 2.52. The lowest BCUT2D eigenvalue weighted by Crippen LogP contribution is -2.54. The Morgan fingerprint density at radius 3 is 2.57 bits per heavy atom. The van der Waals surface area contributed by atoms with E-state index < -0.39 is 29.8 Å². The number of halogens is 2. The van der Waals surface area contributed by atoms with Crippen molar-refractivity contribution in [3.63, 3.8) is 0 Å². The molecule has 8 nitrogen and oxygen atoms in total. The third-order valence-electron chi connectivity index (χ3n) is 7.14. The highest BCUT2D eigenvalue weighted by Gasteiger charge is 2.48. The van der Waals surface area contributed by atoms with E-state index in [2.05, 4.69) is 10.3 Å². The zero-order chi connectivity index (χ0) is 26.0. The molecule has 0 bridgehead atoms. The van der Waals surface area contributed by atoms with E-state index in [1.165, 1.54) is 4.90 Å². The lowest BCUT2D eigenvalue weighted by molar-refractivity contribution is -0.252. The van der Waals surface area contributed by atoms with Gasteiger partial charge in [0.05, 0.1) is 22.7 Å². The number of carboxylic acid groups (broad SMARTS) is 1. The van der Waals surface area contributed by atoms with Crippen molar-refractivity contribution >= 4 is 46.2 Å². The van der Waals surface area contributed by atoms with Crippen LogP contribution in [0.15, 0.2) is 46.9 Å². The number of oxazole rings is 1. The Balaban J connectivity index is 1.28. The van der Waals surface area contributed by atoms with Crippen molar-refractivity contribution in [3.8, 4) is 0 Å². The van der Waals surface area contributed by atoms with Crippen molar-refractivity contribution in [3.05, 3.63) is 53.1 Å². The zero-order valence-electron chi connectivity index (χ0n) is 20.3. The number of aliphatic carboxylic acids is 1. The Morgan fingerprint density at radius 2 is 1.89 bits per heavy atom. The van der Waals surface area contributed by atoms with Crippen LogP contribution in [0.25, 0.3) is 11.1 Å². The number of rotatable bonds is 9. The van der Waals surface area contributed by atoms with Gasteiger partial charge in [0.25, 0.3) is 6.01 Å². The van der Waals surface area contributed by atoms with Crippen molar-refractivity contribution in [1.29, 1.82) is 0 Å². The molecule has 1 aromatic heterocycles. The molecule has 0 amide bonds. The van der Waals surface area contributed by atoms with Crippen LogP contribution in [0.5, 0.6) is 0 Å². The molecule has 2 aromatic carbocycles. The SMILES string of the molecule is O=C(O)C1CCC(OC(F)(C(=O)Cc2ccc(Nc3nc4ccccc4o3)c(Cl)c2)N2CCCC2)CC1. The number of ketones is 1. The molecule has 3 aromatic rings. The molecule has 1 saturated carbocycles. The Kier molecular flexibility index (Phi) is 7.46. The maximum absolute atomic E-state index is 16.4. The number of para-hydroxylation sites is 2. The fraction of sp³-hybridized carbons (Fsp3) is 0.444. The third-order valence-corrected chi connectivity index (χ3v) is 7.45. The van der Waals surface area contributed by atoms with Gasteiger partial charge < -0.3 is 19.6 Å². The molecule has 1 aliphatic heterocycles. The van der Waals surface area contributed by atoms with Crippen molar-refractivity contribution in [2.75, 3.05) is 18.4 Å². The predicted octanol–water partition coefficient (Wildman–Crippen LogP) is 5.72. The Labute approximate surface area is 218 Å². The van der Waals surface area contributed by atoms with Crippen LogP contribution >= 0.6 is 11.6 Å². The Hall–Kier alpha value is -3.01. The van der Waals surface area contributed by atoms with E-state index in [9.17, 15) is 14.7 Å². The number of alkyl halides is 1. The van der Waals surface area contributed by atoms with E-state index in [0.717, 1.165) is 12.8 Å². The number of benzene rings is 2. The number of likely N-dealkylation sites (tertiary alicyclic amines) is 1. The van der Waals surface area contributed by atoms with Crippen LogP contribution in [0, 0.1) is 5.92 Å². The number of ether oxygens (including phenoxy) is 1. The van der Waals surface area contributed by atoms with Crippen molar-refractivity contribution in [1.82, 2.24) is 9.88 Å². The van der Waals surface area contributed by atoms with Crippen LogP contribution in [0.4, 0.5) is 16.1 Å². The highest BCUT2D eigenvalue weighted by atomic mass is 35.5. The van der Waals surface area contributed by atoms with Crippen LogP contribution < -0.4 is 5.32 Å². The first-order chi connectivity index (χ1) is 17.8.